The Hall–Kier alpha value is -0.343. The van der Waals surface area contributed by atoms with E-state index in [1.54, 1.807) is 0 Å². The minimum Gasteiger partial charge on any atom is -0.126 e. The van der Waals surface area contributed by atoms with Crippen LogP contribution in [-0.4, -0.2) is 6.69 Å². The summed E-state index contributed by atoms with van der Waals surface area (Å²) in [4.78, 5) is 0. The molecule has 76 valence electrons. The molecular formula is C12H17BrSi. The molecule has 1 atom stereocenters. The van der Waals surface area contributed by atoms with Gasteiger partial charge >= 0.3 is 0 Å². The zero-order valence-electron chi connectivity index (χ0n) is 8.67. The third-order valence-corrected chi connectivity index (χ3v) is 9.33. The van der Waals surface area contributed by atoms with Gasteiger partial charge in [0.1, 0.15) is 6.69 Å². The van der Waals surface area contributed by atoms with Gasteiger partial charge < -0.3 is 0 Å². The summed E-state index contributed by atoms with van der Waals surface area (Å²) in [5, 5.41) is 0. The van der Waals surface area contributed by atoms with E-state index in [0.29, 0.717) is 0 Å². The zero-order valence-corrected chi connectivity index (χ0v) is 11.3. The predicted molar refractivity (Wildman–Crippen MR) is 70.3 cm³/mol. The predicted octanol–water partition coefficient (Wildman–Crippen LogP) is 4.31. The van der Waals surface area contributed by atoms with E-state index < -0.39 is 6.69 Å². The molecule has 0 saturated heterocycles. The summed E-state index contributed by atoms with van der Waals surface area (Å²) in [6.45, 7) is 4.84. The van der Waals surface area contributed by atoms with Crippen molar-refractivity contribution in [2.24, 2.45) is 0 Å². The van der Waals surface area contributed by atoms with Crippen LogP contribution in [0.3, 0.4) is 0 Å². The quantitative estimate of drug-likeness (QED) is 0.424. The molecule has 14 heavy (non-hydrogen) atoms. The molecule has 2 heteroatoms. The van der Waals surface area contributed by atoms with Gasteiger partial charge in [0.2, 0.25) is 0 Å². The topological polar surface area (TPSA) is 0 Å². The SMILES string of the molecule is C=CC[Si](Br)(CC)Cc1ccccc1. The second-order valence-corrected chi connectivity index (χ2v) is 12.5. The molecule has 1 aromatic carbocycles. The Morgan fingerprint density at radius 1 is 1.36 bits per heavy atom. The highest BCUT2D eigenvalue weighted by Gasteiger charge is 2.26. The van der Waals surface area contributed by atoms with Crippen LogP contribution < -0.4 is 0 Å². The minimum absolute atomic E-state index is 1.15. The van der Waals surface area contributed by atoms with Crippen molar-refractivity contribution in [1.82, 2.24) is 0 Å². The van der Waals surface area contributed by atoms with Gasteiger partial charge in [0, 0.05) is 0 Å². The van der Waals surface area contributed by atoms with Gasteiger partial charge in [0.25, 0.3) is 0 Å². The first kappa shape index (κ1) is 11.7. The van der Waals surface area contributed by atoms with Crippen molar-refractivity contribution in [3.63, 3.8) is 0 Å². The number of halogens is 1. The smallest absolute Gasteiger partial charge is 0.126 e. The van der Waals surface area contributed by atoms with Crippen LogP contribution in [0.25, 0.3) is 0 Å². The fraction of sp³-hybridized carbons (Fsp3) is 0.333. The summed E-state index contributed by atoms with van der Waals surface area (Å²) in [6.07, 6.45) is 2.05. The summed E-state index contributed by atoms with van der Waals surface area (Å²) >= 11 is 3.95. The van der Waals surface area contributed by atoms with E-state index in [-0.39, 0.29) is 0 Å². The highest BCUT2D eigenvalue weighted by Crippen LogP contribution is 2.27. The zero-order chi connectivity index (χ0) is 10.4. The molecule has 0 spiro atoms. The van der Waals surface area contributed by atoms with Crippen LogP contribution in [0.2, 0.25) is 12.1 Å². The Balaban J connectivity index is 2.70. The lowest BCUT2D eigenvalue weighted by molar-refractivity contribution is 1.25. The van der Waals surface area contributed by atoms with Crippen molar-refractivity contribution >= 4 is 22.0 Å². The molecule has 0 aliphatic heterocycles. The normalized spacial score (nSPS) is 14.7. The Morgan fingerprint density at radius 3 is 2.50 bits per heavy atom. The molecule has 0 bridgehead atoms. The van der Waals surface area contributed by atoms with E-state index in [9.17, 15) is 0 Å². The molecule has 1 aromatic rings. The third-order valence-electron chi connectivity index (χ3n) is 2.51. The summed E-state index contributed by atoms with van der Waals surface area (Å²) in [5.41, 5.74) is 1.44. The molecule has 1 rings (SSSR count). The maximum absolute atomic E-state index is 3.95. The highest BCUT2D eigenvalue weighted by molar-refractivity contribution is 9.26. The molecule has 0 nitrogen and oxygen atoms in total. The van der Waals surface area contributed by atoms with Gasteiger partial charge in [-0.2, -0.15) is 0 Å². The van der Waals surface area contributed by atoms with E-state index in [1.165, 1.54) is 17.7 Å². The van der Waals surface area contributed by atoms with Gasteiger partial charge in [-0.25, -0.2) is 0 Å². The molecular weight excluding hydrogens is 252 g/mol. The van der Waals surface area contributed by atoms with Crippen molar-refractivity contribution < 1.29 is 0 Å². The fourth-order valence-corrected chi connectivity index (χ4v) is 5.39. The van der Waals surface area contributed by atoms with Gasteiger partial charge in [0.15, 0.2) is 0 Å². The summed E-state index contributed by atoms with van der Waals surface area (Å²) in [7, 11) is 0. The first-order valence-corrected chi connectivity index (χ1v) is 9.92. The van der Waals surface area contributed by atoms with Crippen LogP contribution in [-0.2, 0) is 6.04 Å². The van der Waals surface area contributed by atoms with Gasteiger partial charge in [-0.05, 0) is 23.7 Å². The Bertz CT molecular complexity index is 284. The monoisotopic (exact) mass is 268 g/mol. The first-order chi connectivity index (χ1) is 6.70. The fourth-order valence-electron chi connectivity index (χ4n) is 1.56. The Kier molecular flexibility index (Phi) is 4.62. The molecule has 0 amide bonds. The molecule has 0 radical (unpaired) electrons. The molecule has 0 aromatic heterocycles. The van der Waals surface area contributed by atoms with Gasteiger partial charge in [0.05, 0.1) is 0 Å². The second-order valence-electron chi connectivity index (χ2n) is 3.66. The number of rotatable bonds is 5. The highest BCUT2D eigenvalue weighted by atomic mass is 79.9. The maximum atomic E-state index is 3.95. The summed E-state index contributed by atoms with van der Waals surface area (Å²) in [5.74, 6) is 0. The van der Waals surface area contributed by atoms with Crippen LogP contribution in [0.4, 0.5) is 0 Å². The van der Waals surface area contributed by atoms with Crippen LogP contribution in [0.1, 0.15) is 12.5 Å². The first-order valence-electron chi connectivity index (χ1n) is 5.04. The van der Waals surface area contributed by atoms with Crippen LogP contribution >= 0.6 is 15.3 Å². The largest absolute Gasteiger partial charge is 0.138 e. The Morgan fingerprint density at radius 2 is 2.00 bits per heavy atom. The third kappa shape index (κ3) is 3.43. The standard InChI is InChI=1S/C12H17BrSi/c1-3-10-14(13,4-2)11-12-8-6-5-7-9-12/h3,5-9H,1,4,10-11H2,2H3. The maximum Gasteiger partial charge on any atom is 0.138 e. The van der Waals surface area contributed by atoms with Gasteiger partial charge in [-0.3, -0.25) is 0 Å². The van der Waals surface area contributed by atoms with E-state index in [2.05, 4.69) is 59.1 Å². The molecule has 0 fully saturated rings. The molecule has 0 heterocycles. The summed E-state index contributed by atoms with van der Waals surface area (Å²) in [6, 6.07) is 14.3. The average molecular weight is 269 g/mol. The Labute approximate surface area is 95.6 Å². The molecule has 0 N–H and O–H groups in total. The van der Waals surface area contributed by atoms with Gasteiger partial charge in [-0.15, -0.1) is 21.9 Å². The molecule has 0 saturated carbocycles. The number of benzene rings is 1. The van der Waals surface area contributed by atoms with E-state index in [4.69, 9.17) is 0 Å². The van der Waals surface area contributed by atoms with Crippen molar-refractivity contribution in [3.05, 3.63) is 48.6 Å². The van der Waals surface area contributed by atoms with Crippen LogP contribution in [0.15, 0.2) is 43.0 Å². The molecule has 0 aliphatic carbocycles. The lowest BCUT2D eigenvalue weighted by atomic mass is 10.2. The molecule has 0 aliphatic rings. The van der Waals surface area contributed by atoms with Crippen molar-refractivity contribution in [2.75, 3.05) is 0 Å². The lowest BCUT2D eigenvalue weighted by Gasteiger charge is -2.21. The van der Waals surface area contributed by atoms with Crippen LogP contribution in [0.5, 0.6) is 0 Å². The van der Waals surface area contributed by atoms with E-state index in [0.717, 1.165) is 6.04 Å². The van der Waals surface area contributed by atoms with E-state index in [1.807, 2.05) is 6.08 Å². The van der Waals surface area contributed by atoms with Crippen LogP contribution in [0, 0.1) is 0 Å². The minimum atomic E-state index is -1.27. The van der Waals surface area contributed by atoms with Crippen molar-refractivity contribution in [3.8, 4) is 0 Å². The summed E-state index contributed by atoms with van der Waals surface area (Å²) < 4.78 is 0. The number of allylic oxidation sites excluding steroid dienone is 1. The number of hydrogen-bond donors (Lipinski definition) is 0. The average Bonchev–Trinajstić information content (AvgIpc) is 2.20. The second kappa shape index (κ2) is 5.52. The number of hydrogen-bond acceptors (Lipinski definition) is 0. The molecule has 1 unspecified atom stereocenters. The van der Waals surface area contributed by atoms with Crippen molar-refractivity contribution in [1.29, 1.82) is 0 Å². The lowest BCUT2D eigenvalue weighted by Crippen LogP contribution is -2.27. The van der Waals surface area contributed by atoms with Gasteiger partial charge in [-0.1, -0.05) is 43.3 Å². The van der Waals surface area contributed by atoms with E-state index >= 15 is 0 Å². The van der Waals surface area contributed by atoms with Crippen molar-refractivity contribution in [2.45, 2.75) is 25.1 Å².